The standard InChI is InChI=1S/C24H26N4/c1-14(2)23-18-8-7-17(11-21(18)25-13-26-23)12-22-27-20-9-6-16(5)10-19(20)24(28-22)15(3)4/h6-11,13-15H,12H2,1-5H3. The molecule has 0 spiro atoms. The topological polar surface area (TPSA) is 51.6 Å². The maximum atomic E-state index is 4.92. The van der Waals surface area contributed by atoms with Crippen molar-refractivity contribution < 1.29 is 0 Å². The van der Waals surface area contributed by atoms with Gasteiger partial charge in [-0.15, -0.1) is 0 Å². The number of fused-ring (bicyclic) bond motifs is 2. The lowest BCUT2D eigenvalue weighted by Crippen LogP contribution is -2.04. The molecule has 28 heavy (non-hydrogen) atoms. The van der Waals surface area contributed by atoms with Crippen molar-refractivity contribution >= 4 is 21.8 Å². The van der Waals surface area contributed by atoms with E-state index in [0.29, 0.717) is 18.3 Å². The van der Waals surface area contributed by atoms with Gasteiger partial charge < -0.3 is 0 Å². The van der Waals surface area contributed by atoms with Crippen LogP contribution in [0, 0.1) is 6.92 Å². The number of benzene rings is 2. The molecule has 0 N–H and O–H groups in total. The number of hydrogen-bond donors (Lipinski definition) is 0. The summed E-state index contributed by atoms with van der Waals surface area (Å²) in [6.45, 7) is 10.8. The van der Waals surface area contributed by atoms with E-state index in [9.17, 15) is 0 Å². The summed E-state index contributed by atoms with van der Waals surface area (Å²) >= 11 is 0. The van der Waals surface area contributed by atoms with Gasteiger partial charge in [0.25, 0.3) is 0 Å². The Morgan fingerprint density at radius 1 is 0.750 bits per heavy atom. The first-order chi connectivity index (χ1) is 13.4. The second kappa shape index (κ2) is 7.27. The van der Waals surface area contributed by atoms with Crippen LogP contribution in [0.25, 0.3) is 21.8 Å². The SMILES string of the molecule is Cc1ccc2nc(Cc3ccc4c(C(C)C)ncnc4c3)nc(C(C)C)c2c1. The van der Waals surface area contributed by atoms with Gasteiger partial charge in [0.2, 0.25) is 0 Å². The van der Waals surface area contributed by atoms with Gasteiger partial charge >= 0.3 is 0 Å². The van der Waals surface area contributed by atoms with Crippen LogP contribution in [0.4, 0.5) is 0 Å². The van der Waals surface area contributed by atoms with E-state index in [1.807, 2.05) is 0 Å². The van der Waals surface area contributed by atoms with E-state index in [4.69, 9.17) is 9.97 Å². The molecule has 142 valence electrons. The molecule has 0 saturated heterocycles. The van der Waals surface area contributed by atoms with E-state index in [1.54, 1.807) is 6.33 Å². The summed E-state index contributed by atoms with van der Waals surface area (Å²) in [5.41, 5.74) is 6.62. The lowest BCUT2D eigenvalue weighted by atomic mass is 10.0. The fourth-order valence-corrected chi connectivity index (χ4v) is 3.71. The maximum Gasteiger partial charge on any atom is 0.133 e. The molecule has 0 unspecified atom stereocenters. The second-order valence-electron chi connectivity index (χ2n) is 8.14. The molecule has 0 fully saturated rings. The molecular formula is C24H26N4. The van der Waals surface area contributed by atoms with Gasteiger partial charge in [-0.1, -0.05) is 51.5 Å². The fourth-order valence-electron chi connectivity index (χ4n) is 3.71. The summed E-state index contributed by atoms with van der Waals surface area (Å²) in [6, 6.07) is 12.8. The van der Waals surface area contributed by atoms with Crippen molar-refractivity contribution in [3.8, 4) is 0 Å². The zero-order chi connectivity index (χ0) is 19.8. The van der Waals surface area contributed by atoms with Crippen LogP contribution in [0.5, 0.6) is 0 Å². The van der Waals surface area contributed by atoms with E-state index in [2.05, 4.69) is 81.0 Å². The molecule has 0 atom stereocenters. The summed E-state index contributed by atoms with van der Waals surface area (Å²) in [5, 5.41) is 2.28. The predicted octanol–water partition coefficient (Wildman–Crippen LogP) is 5.72. The summed E-state index contributed by atoms with van der Waals surface area (Å²) in [6.07, 6.45) is 2.35. The lowest BCUT2D eigenvalue weighted by molar-refractivity contribution is 0.808. The van der Waals surface area contributed by atoms with Crippen LogP contribution >= 0.6 is 0 Å². The van der Waals surface area contributed by atoms with Crippen LogP contribution in [0.2, 0.25) is 0 Å². The van der Waals surface area contributed by atoms with Crippen LogP contribution in [0.1, 0.15) is 67.9 Å². The molecule has 4 rings (SSSR count). The summed E-state index contributed by atoms with van der Waals surface area (Å²) in [7, 11) is 0. The van der Waals surface area contributed by atoms with Gasteiger partial charge in [-0.2, -0.15) is 0 Å². The van der Waals surface area contributed by atoms with Gasteiger partial charge in [0.05, 0.1) is 22.4 Å². The first-order valence-electron chi connectivity index (χ1n) is 9.93. The largest absolute Gasteiger partial charge is 0.240 e. The average molecular weight is 371 g/mol. The molecule has 0 aliphatic heterocycles. The third-order valence-corrected chi connectivity index (χ3v) is 5.11. The Morgan fingerprint density at radius 2 is 1.54 bits per heavy atom. The molecule has 2 aromatic carbocycles. The van der Waals surface area contributed by atoms with Crippen LogP contribution < -0.4 is 0 Å². The average Bonchev–Trinajstić information content (AvgIpc) is 2.66. The molecule has 2 heterocycles. The molecule has 0 amide bonds. The molecule has 4 heteroatoms. The number of rotatable bonds is 4. The molecular weight excluding hydrogens is 344 g/mol. The van der Waals surface area contributed by atoms with Crippen LogP contribution in [0.15, 0.2) is 42.7 Å². The Hall–Kier alpha value is -2.88. The molecule has 2 aromatic heterocycles. The third kappa shape index (κ3) is 3.47. The highest BCUT2D eigenvalue weighted by molar-refractivity contribution is 5.83. The van der Waals surface area contributed by atoms with Crippen molar-refractivity contribution in [1.29, 1.82) is 0 Å². The Bertz CT molecular complexity index is 1160. The minimum atomic E-state index is 0.351. The molecule has 0 saturated carbocycles. The minimum Gasteiger partial charge on any atom is -0.240 e. The van der Waals surface area contributed by atoms with Crippen LogP contribution in [0.3, 0.4) is 0 Å². The van der Waals surface area contributed by atoms with E-state index in [1.165, 1.54) is 11.1 Å². The smallest absolute Gasteiger partial charge is 0.133 e. The Morgan fingerprint density at radius 3 is 2.29 bits per heavy atom. The van der Waals surface area contributed by atoms with Gasteiger partial charge in [0, 0.05) is 17.2 Å². The van der Waals surface area contributed by atoms with Gasteiger partial charge in [-0.3, -0.25) is 0 Å². The van der Waals surface area contributed by atoms with Gasteiger partial charge in [0.15, 0.2) is 0 Å². The molecule has 0 bridgehead atoms. The predicted molar refractivity (Wildman–Crippen MR) is 115 cm³/mol. The summed E-state index contributed by atoms with van der Waals surface area (Å²) in [4.78, 5) is 18.7. The lowest BCUT2D eigenvalue weighted by Gasteiger charge is -2.13. The van der Waals surface area contributed by atoms with E-state index < -0.39 is 0 Å². The van der Waals surface area contributed by atoms with E-state index >= 15 is 0 Å². The second-order valence-corrected chi connectivity index (χ2v) is 8.14. The van der Waals surface area contributed by atoms with Crippen LogP contribution in [-0.2, 0) is 6.42 Å². The number of aryl methyl sites for hydroxylation is 1. The zero-order valence-electron chi connectivity index (χ0n) is 17.2. The molecule has 0 aliphatic carbocycles. The van der Waals surface area contributed by atoms with Crippen molar-refractivity contribution in [3.63, 3.8) is 0 Å². The van der Waals surface area contributed by atoms with E-state index in [-0.39, 0.29) is 0 Å². The van der Waals surface area contributed by atoms with Gasteiger partial charge in [-0.25, -0.2) is 19.9 Å². The van der Waals surface area contributed by atoms with Crippen molar-refractivity contribution in [1.82, 2.24) is 19.9 Å². The van der Waals surface area contributed by atoms with Crippen molar-refractivity contribution in [2.45, 2.75) is 52.9 Å². The quantitative estimate of drug-likeness (QED) is 0.461. The Balaban J connectivity index is 1.76. The first-order valence-corrected chi connectivity index (χ1v) is 9.93. The number of nitrogens with zero attached hydrogens (tertiary/aromatic N) is 4. The summed E-state index contributed by atoms with van der Waals surface area (Å²) in [5.74, 6) is 1.58. The zero-order valence-corrected chi connectivity index (χ0v) is 17.2. The Labute approximate surface area is 166 Å². The normalized spacial score (nSPS) is 11.8. The highest BCUT2D eigenvalue weighted by Crippen LogP contribution is 2.26. The highest BCUT2D eigenvalue weighted by atomic mass is 14.9. The van der Waals surface area contributed by atoms with Crippen LogP contribution in [-0.4, -0.2) is 19.9 Å². The highest BCUT2D eigenvalue weighted by Gasteiger charge is 2.13. The number of hydrogen-bond acceptors (Lipinski definition) is 4. The Kier molecular flexibility index (Phi) is 4.80. The fraction of sp³-hybridized carbons (Fsp3) is 0.333. The van der Waals surface area contributed by atoms with Crippen molar-refractivity contribution in [2.24, 2.45) is 0 Å². The molecule has 0 aliphatic rings. The first kappa shape index (κ1) is 18.5. The van der Waals surface area contributed by atoms with Crippen molar-refractivity contribution in [2.75, 3.05) is 0 Å². The monoisotopic (exact) mass is 370 g/mol. The van der Waals surface area contributed by atoms with Gasteiger partial charge in [0.1, 0.15) is 12.2 Å². The summed E-state index contributed by atoms with van der Waals surface area (Å²) < 4.78 is 0. The molecule has 4 aromatic rings. The molecule has 4 nitrogen and oxygen atoms in total. The minimum absolute atomic E-state index is 0.351. The van der Waals surface area contributed by atoms with Crippen molar-refractivity contribution in [3.05, 3.63) is 71.1 Å². The maximum absolute atomic E-state index is 4.92. The molecule has 0 radical (unpaired) electrons. The van der Waals surface area contributed by atoms with E-state index in [0.717, 1.165) is 39.0 Å². The number of aromatic nitrogens is 4. The van der Waals surface area contributed by atoms with Gasteiger partial charge in [-0.05, 0) is 42.5 Å². The third-order valence-electron chi connectivity index (χ3n) is 5.11.